The van der Waals surface area contributed by atoms with E-state index in [1.165, 1.54) is 20.1 Å². The third-order valence-electron chi connectivity index (χ3n) is 2.89. The molecule has 0 saturated carbocycles. The van der Waals surface area contributed by atoms with Crippen LogP contribution in [0.5, 0.6) is 0 Å². The molecule has 0 aliphatic rings. The topological polar surface area (TPSA) is 12.0 Å². The highest BCUT2D eigenvalue weighted by Gasteiger charge is 2.01. The Morgan fingerprint density at radius 2 is 1.83 bits per heavy atom. The monoisotopic (exact) mass is 317 g/mol. The van der Waals surface area contributed by atoms with Gasteiger partial charge in [-0.05, 0) is 50.3 Å². The average molecular weight is 318 g/mol. The molecule has 3 aromatic rings. The first-order valence-corrected chi connectivity index (χ1v) is 7.45. The predicted molar refractivity (Wildman–Crippen MR) is 83.3 cm³/mol. The molecule has 1 N–H and O–H groups in total. The quantitative estimate of drug-likeness (QED) is 0.693. The first kappa shape index (κ1) is 11.8. The maximum absolute atomic E-state index is 3.55. The van der Waals surface area contributed by atoms with Gasteiger partial charge in [-0.25, -0.2) is 0 Å². The molecular weight excluding hydrogens is 306 g/mol. The van der Waals surface area contributed by atoms with Gasteiger partial charge in [0.1, 0.15) is 0 Å². The number of benzene rings is 2. The normalized spacial score (nSPS) is 10.7. The minimum atomic E-state index is 0.858. The number of fused-ring (bicyclic) bond motifs is 1. The molecule has 3 heteroatoms. The molecule has 90 valence electrons. The predicted octanol–water partition coefficient (Wildman–Crippen LogP) is 5.28. The van der Waals surface area contributed by atoms with Gasteiger partial charge in [0.05, 0.1) is 6.54 Å². The maximum Gasteiger partial charge on any atom is 0.0505 e. The molecule has 0 atom stereocenters. The van der Waals surface area contributed by atoms with E-state index in [9.17, 15) is 0 Å². The molecule has 1 nitrogen and oxygen atoms in total. The van der Waals surface area contributed by atoms with Gasteiger partial charge in [-0.2, -0.15) is 0 Å². The van der Waals surface area contributed by atoms with Crippen molar-refractivity contribution in [2.24, 2.45) is 0 Å². The zero-order valence-electron chi connectivity index (χ0n) is 9.69. The van der Waals surface area contributed by atoms with Crippen LogP contribution in [0.1, 0.15) is 4.88 Å². The van der Waals surface area contributed by atoms with Crippen molar-refractivity contribution in [3.63, 3.8) is 0 Å². The lowest BCUT2D eigenvalue weighted by atomic mass is 10.1. The number of thiophene rings is 1. The maximum atomic E-state index is 3.55. The summed E-state index contributed by atoms with van der Waals surface area (Å²) in [5.41, 5.74) is 1.16. The fourth-order valence-electron chi connectivity index (χ4n) is 1.93. The van der Waals surface area contributed by atoms with E-state index in [0.29, 0.717) is 0 Å². The van der Waals surface area contributed by atoms with E-state index in [1.807, 2.05) is 0 Å². The van der Waals surface area contributed by atoms with E-state index in [4.69, 9.17) is 0 Å². The molecule has 3 rings (SSSR count). The summed E-state index contributed by atoms with van der Waals surface area (Å²) in [6.45, 7) is 0.858. The van der Waals surface area contributed by atoms with E-state index in [2.05, 4.69) is 75.2 Å². The van der Waals surface area contributed by atoms with Crippen LogP contribution in [0.3, 0.4) is 0 Å². The minimum absolute atomic E-state index is 0.858. The Bertz CT molecular complexity index is 675. The first-order valence-electron chi connectivity index (χ1n) is 5.77. The van der Waals surface area contributed by atoms with Crippen LogP contribution in [0.15, 0.2) is 58.4 Å². The molecule has 0 fully saturated rings. The zero-order valence-corrected chi connectivity index (χ0v) is 12.1. The van der Waals surface area contributed by atoms with E-state index >= 15 is 0 Å². The van der Waals surface area contributed by atoms with Gasteiger partial charge in [-0.1, -0.05) is 30.3 Å². The number of nitrogens with one attached hydrogen (secondary N) is 1. The molecule has 1 aromatic heterocycles. The molecule has 0 aliphatic heterocycles. The van der Waals surface area contributed by atoms with E-state index < -0.39 is 0 Å². The SMILES string of the molecule is Brc1ccsc1CNc1ccc2ccccc2c1. The van der Waals surface area contributed by atoms with Crippen LogP contribution < -0.4 is 5.32 Å². The number of hydrogen-bond donors (Lipinski definition) is 1. The van der Waals surface area contributed by atoms with Gasteiger partial charge in [0.25, 0.3) is 0 Å². The summed E-state index contributed by atoms with van der Waals surface area (Å²) < 4.78 is 1.18. The second-order valence-corrected chi connectivity index (χ2v) is 5.96. The van der Waals surface area contributed by atoms with Crippen molar-refractivity contribution in [2.45, 2.75) is 6.54 Å². The lowest BCUT2D eigenvalue weighted by molar-refractivity contribution is 1.19. The van der Waals surface area contributed by atoms with Crippen LogP contribution in [0, 0.1) is 0 Å². The molecule has 1 heterocycles. The molecule has 0 spiro atoms. The average Bonchev–Trinajstić information content (AvgIpc) is 2.82. The van der Waals surface area contributed by atoms with Gasteiger partial charge in [0.15, 0.2) is 0 Å². The summed E-state index contributed by atoms with van der Waals surface area (Å²) >= 11 is 5.31. The van der Waals surface area contributed by atoms with Crippen molar-refractivity contribution in [3.05, 3.63) is 63.3 Å². The van der Waals surface area contributed by atoms with Gasteiger partial charge < -0.3 is 5.32 Å². The fourth-order valence-corrected chi connectivity index (χ4v) is 3.37. The molecule has 0 aliphatic carbocycles. The van der Waals surface area contributed by atoms with Crippen molar-refractivity contribution in [2.75, 3.05) is 5.32 Å². The Balaban J connectivity index is 1.81. The highest BCUT2D eigenvalue weighted by molar-refractivity contribution is 9.10. The second kappa shape index (κ2) is 5.12. The third-order valence-corrected chi connectivity index (χ3v) is 4.82. The van der Waals surface area contributed by atoms with Crippen LogP contribution in [0.25, 0.3) is 10.8 Å². The van der Waals surface area contributed by atoms with Crippen LogP contribution in [0.4, 0.5) is 5.69 Å². The van der Waals surface area contributed by atoms with Crippen molar-refractivity contribution >= 4 is 43.7 Å². The highest BCUT2D eigenvalue weighted by Crippen LogP contribution is 2.24. The molecule has 18 heavy (non-hydrogen) atoms. The Labute approximate surface area is 119 Å². The Kier molecular flexibility index (Phi) is 3.35. The summed E-state index contributed by atoms with van der Waals surface area (Å²) in [5, 5.41) is 8.11. The highest BCUT2D eigenvalue weighted by atomic mass is 79.9. The lowest BCUT2D eigenvalue weighted by Gasteiger charge is -2.07. The summed E-state index contributed by atoms with van der Waals surface area (Å²) in [6, 6.07) is 17.0. The molecule has 0 radical (unpaired) electrons. The first-order chi connectivity index (χ1) is 8.83. The fraction of sp³-hybridized carbons (Fsp3) is 0.0667. The Morgan fingerprint density at radius 3 is 2.61 bits per heavy atom. The van der Waals surface area contributed by atoms with E-state index in [0.717, 1.165) is 12.2 Å². The third kappa shape index (κ3) is 2.42. The summed E-state index contributed by atoms with van der Waals surface area (Å²) in [6.07, 6.45) is 0. The van der Waals surface area contributed by atoms with Gasteiger partial charge >= 0.3 is 0 Å². The van der Waals surface area contributed by atoms with E-state index in [1.54, 1.807) is 11.3 Å². The largest absolute Gasteiger partial charge is 0.380 e. The van der Waals surface area contributed by atoms with Gasteiger partial charge in [0, 0.05) is 15.0 Å². The van der Waals surface area contributed by atoms with Crippen molar-refractivity contribution in [3.8, 4) is 0 Å². The standard InChI is InChI=1S/C15H12BrNS/c16-14-7-8-18-15(14)10-17-13-6-5-11-3-1-2-4-12(11)9-13/h1-9,17H,10H2. The van der Waals surface area contributed by atoms with Crippen molar-refractivity contribution < 1.29 is 0 Å². The molecular formula is C15H12BrNS. The van der Waals surface area contributed by atoms with Crippen LogP contribution in [-0.4, -0.2) is 0 Å². The number of halogens is 1. The summed E-state index contributed by atoms with van der Waals surface area (Å²) in [7, 11) is 0. The van der Waals surface area contributed by atoms with E-state index in [-0.39, 0.29) is 0 Å². The van der Waals surface area contributed by atoms with Crippen molar-refractivity contribution in [1.29, 1.82) is 0 Å². The second-order valence-electron chi connectivity index (χ2n) is 4.11. The smallest absolute Gasteiger partial charge is 0.0505 e. The number of anilines is 1. The Hall–Kier alpha value is -1.32. The van der Waals surface area contributed by atoms with Crippen LogP contribution >= 0.6 is 27.3 Å². The van der Waals surface area contributed by atoms with Crippen LogP contribution in [-0.2, 0) is 6.54 Å². The lowest BCUT2D eigenvalue weighted by Crippen LogP contribution is -1.97. The minimum Gasteiger partial charge on any atom is -0.380 e. The van der Waals surface area contributed by atoms with Gasteiger partial charge in [-0.15, -0.1) is 11.3 Å². The van der Waals surface area contributed by atoms with Gasteiger partial charge in [0.2, 0.25) is 0 Å². The molecule has 0 unspecified atom stereocenters. The molecule has 0 saturated heterocycles. The number of hydrogen-bond acceptors (Lipinski definition) is 2. The molecule has 2 aromatic carbocycles. The molecule has 0 amide bonds. The zero-order chi connectivity index (χ0) is 12.4. The van der Waals surface area contributed by atoms with Crippen molar-refractivity contribution in [1.82, 2.24) is 0 Å². The number of rotatable bonds is 3. The Morgan fingerprint density at radius 1 is 1.00 bits per heavy atom. The summed E-state index contributed by atoms with van der Waals surface area (Å²) in [5.74, 6) is 0. The van der Waals surface area contributed by atoms with Crippen LogP contribution in [0.2, 0.25) is 0 Å². The molecule has 0 bridgehead atoms. The summed E-state index contributed by atoms with van der Waals surface area (Å²) in [4.78, 5) is 1.32. The van der Waals surface area contributed by atoms with Gasteiger partial charge in [-0.3, -0.25) is 0 Å².